The molecule has 14 heavy (non-hydrogen) atoms. The molecule has 1 heterocycles. The van der Waals surface area contributed by atoms with Crippen LogP contribution < -0.4 is 15.8 Å². The van der Waals surface area contributed by atoms with E-state index in [1.54, 1.807) is 0 Å². The molecule has 0 bridgehead atoms. The number of anilines is 2. The number of aromatic nitrogens is 2. The Labute approximate surface area is 82.1 Å². The average Bonchev–Trinajstić information content (AvgIpc) is 2.18. The first kappa shape index (κ1) is 10.5. The summed E-state index contributed by atoms with van der Waals surface area (Å²) in [5, 5.41) is 11.8. The Morgan fingerprint density at radius 1 is 1.64 bits per heavy atom. The van der Waals surface area contributed by atoms with Crippen LogP contribution in [0, 0.1) is 0 Å². The predicted molar refractivity (Wildman–Crippen MR) is 53.2 cm³/mol. The molecule has 0 amide bonds. The van der Waals surface area contributed by atoms with Crippen LogP contribution in [0.25, 0.3) is 0 Å². The van der Waals surface area contributed by atoms with Crippen molar-refractivity contribution in [3.8, 4) is 5.75 Å². The van der Waals surface area contributed by atoms with Gasteiger partial charge in [-0.25, -0.2) is 9.97 Å². The van der Waals surface area contributed by atoms with Gasteiger partial charge in [0.15, 0.2) is 11.6 Å². The molecule has 0 aromatic carbocycles. The smallest absolute Gasteiger partial charge is 0.203 e. The first-order valence-electron chi connectivity index (χ1n) is 4.21. The first-order valence-corrected chi connectivity index (χ1v) is 4.21. The topological polar surface area (TPSA) is 93.3 Å². The van der Waals surface area contributed by atoms with E-state index in [0.717, 1.165) is 0 Å². The van der Waals surface area contributed by atoms with Crippen LogP contribution in [-0.4, -0.2) is 34.8 Å². The van der Waals surface area contributed by atoms with E-state index in [9.17, 15) is 0 Å². The molecule has 0 aliphatic heterocycles. The third-order valence-electron chi connectivity index (χ3n) is 1.69. The lowest BCUT2D eigenvalue weighted by Gasteiger charge is -2.14. The number of nitrogens with two attached hydrogens (primary N) is 1. The molecule has 0 saturated carbocycles. The zero-order valence-electron chi connectivity index (χ0n) is 8.19. The Kier molecular flexibility index (Phi) is 3.47. The van der Waals surface area contributed by atoms with Crippen molar-refractivity contribution in [3.05, 3.63) is 6.33 Å². The van der Waals surface area contributed by atoms with Crippen molar-refractivity contribution in [1.82, 2.24) is 9.97 Å². The molecule has 1 unspecified atom stereocenters. The van der Waals surface area contributed by atoms with E-state index in [1.807, 2.05) is 6.92 Å². The van der Waals surface area contributed by atoms with Gasteiger partial charge >= 0.3 is 0 Å². The largest absolute Gasteiger partial charge is 0.490 e. The molecule has 0 fully saturated rings. The van der Waals surface area contributed by atoms with Gasteiger partial charge < -0.3 is 20.9 Å². The fraction of sp³-hybridized carbons (Fsp3) is 0.500. The van der Waals surface area contributed by atoms with Crippen molar-refractivity contribution in [2.45, 2.75) is 13.0 Å². The second kappa shape index (κ2) is 4.61. The average molecular weight is 198 g/mol. The van der Waals surface area contributed by atoms with Crippen LogP contribution in [-0.2, 0) is 0 Å². The van der Waals surface area contributed by atoms with Gasteiger partial charge in [-0.15, -0.1) is 0 Å². The standard InChI is InChI=1S/C8H14N4O2/c1-5(3-13)12-8-6(14-2)7(9)10-4-11-8/h4-5,13H,3H2,1-2H3,(H3,9,10,11,12). The van der Waals surface area contributed by atoms with Gasteiger partial charge in [0.1, 0.15) is 6.33 Å². The van der Waals surface area contributed by atoms with Gasteiger partial charge in [-0.2, -0.15) is 0 Å². The molecule has 1 atom stereocenters. The van der Waals surface area contributed by atoms with E-state index in [2.05, 4.69) is 15.3 Å². The van der Waals surface area contributed by atoms with Crippen LogP contribution in [0.5, 0.6) is 5.75 Å². The zero-order valence-corrected chi connectivity index (χ0v) is 8.19. The van der Waals surface area contributed by atoms with Crippen molar-refractivity contribution in [2.75, 3.05) is 24.8 Å². The van der Waals surface area contributed by atoms with E-state index < -0.39 is 0 Å². The van der Waals surface area contributed by atoms with Crippen molar-refractivity contribution in [2.24, 2.45) is 0 Å². The van der Waals surface area contributed by atoms with Gasteiger partial charge in [0.05, 0.1) is 13.7 Å². The molecular weight excluding hydrogens is 184 g/mol. The molecule has 0 aliphatic rings. The quantitative estimate of drug-likeness (QED) is 0.623. The van der Waals surface area contributed by atoms with Gasteiger partial charge in [0.25, 0.3) is 0 Å². The number of ether oxygens (including phenoxy) is 1. The van der Waals surface area contributed by atoms with Crippen LogP contribution >= 0.6 is 0 Å². The third kappa shape index (κ3) is 2.23. The third-order valence-corrected chi connectivity index (χ3v) is 1.69. The monoisotopic (exact) mass is 198 g/mol. The number of nitrogen functional groups attached to an aromatic ring is 1. The molecule has 0 spiro atoms. The normalized spacial score (nSPS) is 12.2. The number of nitrogens with zero attached hydrogens (tertiary/aromatic N) is 2. The van der Waals surface area contributed by atoms with E-state index in [4.69, 9.17) is 15.6 Å². The molecule has 0 aliphatic carbocycles. The summed E-state index contributed by atoms with van der Waals surface area (Å²) in [6, 6.07) is -0.113. The van der Waals surface area contributed by atoms with Crippen molar-refractivity contribution in [3.63, 3.8) is 0 Å². The number of hydrogen-bond acceptors (Lipinski definition) is 6. The van der Waals surface area contributed by atoms with Crippen LogP contribution in [0.4, 0.5) is 11.6 Å². The number of aliphatic hydroxyl groups excluding tert-OH is 1. The van der Waals surface area contributed by atoms with E-state index >= 15 is 0 Å². The summed E-state index contributed by atoms with van der Waals surface area (Å²) in [5.41, 5.74) is 5.57. The molecular formula is C8H14N4O2. The fourth-order valence-corrected chi connectivity index (χ4v) is 0.970. The molecule has 6 heteroatoms. The predicted octanol–water partition coefficient (Wildman–Crippen LogP) is -0.140. The summed E-state index contributed by atoms with van der Waals surface area (Å²) in [6.45, 7) is 1.82. The van der Waals surface area contributed by atoms with Gasteiger partial charge in [-0.1, -0.05) is 0 Å². The van der Waals surface area contributed by atoms with E-state index in [1.165, 1.54) is 13.4 Å². The highest BCUT2D eigenvalue weighted by Gasteiger charge is 2.10. The highest BCUT2D eigenvalue weighted by atomic mass is 16.5. The summed E-state index contributed by atoms with van der Waals surface area (Å²) < 4.78 is 5.03. The Morgan fingerprint density at radius 3 is 2.93 bits per heavy atom. The number of aliphatic hydroxyl groups is 1. The lowest BCUT2D eigenvalue weighted by molar-refractivity contribution is 0.281. The summed E-state index contributed by atoms with van der Waals surface area (Å²) in [5.74, 6) is 1.16. The highest BCUT2D eigenvalue weighted by Crippen LogP contribution is 2.26. The lowest BCUT2D eigenvalue weighted by Crippen LogP contribution is -2.20. The second-order valence-corrected chi connectivity index (χ2v) is 2.87. The van der Waals surface area contributed by atoms with Crippen LogP contribution in [0.2, 0.25) is 0 Å². The van der Waals surface area contributed by atoms with Crippen LogP contribution in [0.1, 0.15) is 6.92 Å². The molecule has 0 radical (unpaired) electrons. The van der Waals surface area contributed by atoms with Gasteiger partial charge in [0.2, 0.25) is 5.75 Å². The van der Waals surface area contributed by atoms with Gasteiger partial charge in [-0.05, 0) is 6.92 Å². The summed E-state index contributed by atoms with van der Waals surface area (Å²) in [6.07, 6.45) is 1.34. The minimum Gasteiger partial charge on any atom is -0.490 e. The Hall–Kier alpha value is -1.56. The molecule has 1 rings (SSSR count). The summed E-state index contributed by atoms with van der Waals surface area (Å²) in [7, 11) is 1.49. The number of methoxy groups -OCH3 is 1. The molecule has 0 saturated heterocycles. The number of nitrogens with one attached hydrogen (secondary N) is 1. The van der Waals surface area contributed by atoms with E-state index in [0.29, 0.717) is 11.6 Å². The second-order valence-electron chi connectivity index (χ2n) is 2.87. The maximum atomic E-state index is 8.85. The molecule has 1 aromatic heterocycles. The maximum Gasteiger partial charge on any atom is 0.203 e. The van der Waals surface area contributed by atoms with Crippen molar-refractivity contribution in [1.29, 1.82) is 0 Å². The Balaban J connectivity index is 2.90. The lowest BCUT2D eigenvalue weighted by atomic mass is 10.3. The van der Waals surface area contributed by atoms with Crippen molar-refractivity contribution < 1.29 is 9.84 Å². The van der Waals surface area contributed by atoms with Crippen molar-refractivity contribution >= 4 is 11.6 Å². The number of rotatable bonds is 4. The maximum absolute atomic E-state index is 8.85. The SMILES string of the molecule is COc1c(N)ncnc1NC(C)CO. The molecule has 78 valence electrons. The molecule has 1 aromatic rings. The van der Waals surface area contributed by atoms with Crippen LogP contribution in [0.3, 0.4) is 0 Å². The fourth-order valence-electron chi connectivity index (χ4n) is 0.970. The van der Waals surface area contributed by atoms with Crippen LogP contribution in [0.15, 0.2) is 6.33 Å². The molecule has 6 nitrogen and oxygen atoms in total. The number of hydrogen-bond donors (Lipinski definition) is 3. The summed E-state index contributed by atoms with van der Waals surface area (Å²) >= 11 is 0. The summed E-state index contributed by atoms with van der Waals surface area (Å²) in [4.78, 5) is 7.74. The highest BCUT2D eigenvalue weighted by molar-refractivity contribution is 5.61. The minimum atomic E-state index is -0.113. The Bertz CT molecular complexity index is 305. The molecule has 4 N–H and O–H groups in total. The Morgan fingerprint density at radius 2 is 2.36 bits per heavy atom. The minimum absolute atomic E-state index is 0.00701. The zero-order chi connectivity index (χ0) is 10.6. The van der Waals surface area contributed by atoms with E-state index in [-0.39, 0.29) is 18.5 Å². The van der Waals surface area contributed by atoms with Gasteiger partial charge in [-0.3, -0.25) is 0 Å². The first-order chi connectivity index (χ1) is 6.69. The van der Waals surface area contributed by atoms with Gasteiger partial charge in [0, 0.05) is 6.04 Å².